The Morgan fingerprint density at radius 2 is 1.65 bits per heavy atom. The fourth-order valence-corrected chi connectivity index (χ4v) is 2.85. The average Bonchev–Trinajstić information content (AvgIpc) is 2.51. The molecule has 0 spiro atoms. The highest BCUT2D eigenvalue weighted by Crippen LogP contribution is 2.34. The molecule has 0 fully saturated rings. The van der Waals surface area contributed by atoms with Gasteiger partial charge in [0.25, 0.3) is 0 Å². The zero-order valence-electron chi connectivity index (χ0n) is 13.6. The molecule has 2 rings (SSSR count). The number of halogens is 2. The van der Waals surface area contributed by atoms with Crippen LogP contribution in [0.2, 0.25) is 10.0 Å². The van der Waals surface area contributed by atoms with Crippen LogP contribution >= 0.6 is 23.2 Å². The zero-order chi connectivity index (χ0) is 16.7. The summed E-state index contributed by atoms with van der Waals surface area (Å²) in [4.78, 5) is 0. The third kappa shape index (κ3) is 6.06. The molecular weight excluding hydrogens is 329 g/mol. The van der Waals surface area contributed by atoms with Crippen molar-refractivity contribution in [3.63, 3.8) is 0 Å². The molecule has 2 nitrogen and oxygen atoms in total. The number of hydrogen-bond acceptors (Lipinski definition) is 2. The molecule has 0 unspecified atom stereocenters. The van der Waals surface area contributed by atoms with E-state index in [1.165, 1.54) is 0 Å². The highest BCUT2D eigenvalue weighted by Gasteiger charge is 2.10. The molecule has 0 radical (unpaired) electrons. The first kappa shape index (κ1) is 18.1. The number of rotatable bonds is 8. The second kappa shape index (κ2) is 9.17. The van der Waals surface area contributed by atoms with Crippen LogP contribution in [0.3, 0.4) is 0 Å². The van der Waals surface area contributed by atoms with E-state index in [9.17, 15) is 0 Å². The predicted molar refractivity (Wildman–Crippen MR) is 98.4 cm³/mol. The fourth-order valence-electron chi connectivity index (χ4n) is 2.21. The monoisotopic (exact) mass is 351 g/mol. The quantitative estimate of drug-likeness (QED) is 0.615. The van der Waals surface area contributed by atoms with Gasteiger partial charge in [-0.25, -0.2) is 0 Å². The Balaban J connectivity index is 1.94. The molecule has 2 aromatic rings. The van der Waals surface area contributed by atoms with Crippen LogP contribution in [-0.4, -0.2) is 6.54 Å². The molecule has 0 aliphatic rings. The van der Waals surface area contributed by atoms with Crippen molar-refractivity contribution in [3.8, 4) is 5.75 Å². The van der Waals surface area contributed by atoms with Crippen LogP contribution in [0.4, 0.5) is 0 Å². The lowest BCUT2D eigenvalue weighted by Gasteiger charge is -2.13. The minimum Gasteiger partial charge on any atom is -0.486 e. The summed E-state index contributed by atoms with van der Waals surface area (Å²) in [5.74, 6) is 1.24. The molecule has 23 heavy (non-hydrogen) atoms. The Hall–Kier alpha value is -1.22. The van der Waals surface area contributed by atoms with E-state index < -0.39 is 0 Å². The summed E-state index contributed by atoms with van der Waals surface area (Å²) in [5.41, 5.74) is 2.15. The molecule has 124 valence electrons. The summed E-state index contributed by atoms with van der Waals surface area (Å²) < 4.78 is 5.78. The third-order valence-electron chi connectivity index (χ3n) is 3.51. The molecular formula is C19H23Cl2NO. The topological polar surface area (TPSA) is 21.3 Å². The summed E-state index contributed by atoms with van der Waals surface area (Å²) in [6, 6.07) is 13.8. The van der Waals surface area contributed by atoms with Gasteiger partial charge in [-0.05, 0) is 42.1 Å². The second-order valence-corrected chi connectivity index (χ2v) is 6.84. The van der Waals surface area contributed by atoms with Gasteiger partial charge in [-0.2, -0.15) is 0 Å². The highest BCUT2D eigenvalue weighted by molar-refractivity contribution is 6.37. The van der Waals surface area contributed by atoms with E-state index in [4.69, 9.17) is 27.9 Å². The molecule has 0 amide bonds. The maximum absolute atomic E-state index is 6.33. The normalized spacial score (nSPS) is 11.0. The summed E-state index contributed by atoms with van der Waals surface area (Å²) in [7, 11) is 0. The Bertz CT molecular complexity index is 591. The van der Waals surface area contributed by atoms with Crippen LogP contribution in [-0.2, 0) is 13.2 Å². The first-order chi connectivity index (χ1) is 11.1. The maximum Gasteiger partial charge on any atom is 0.156 e. The van der Waals surface area contributed by atoms with Gasteiger partial charge in [-0.3, -0.25) is 0 Å². The molecule has 2 aromatic carbocycles. The second-order valence-electron chi connectivity index (χ2n) is 6.02. The number of ether oxygens (including phenoxy) is 1. The molecule has 1 N–H and O–H groups in total. The Morgan fingerprint density at radius 1 is 1.00 bits per heavy atom. The van der Waals surface area contributed by atoms with E-state index >= 15 is 0 Å². The van der Waals surface area contributed by atoms with Crippen molar-refractivity contribution in [2.24, 2.45) is 5.92 Å². The summed E-state index contributed by atoms with van der Waals surface area (Å²) >= 11 is 12.7. The zero-order valence-corrected chi connectivity index (χ0v) is 15.1. The fraction of sp³-hybridized carbons (Fsp3) is 0.368. The van der Waals surface area contributed by atoms with Gasteiger partial charge in [-0.1, -0.05) is 67.4 Å². The number of benzene rings is 2. The smallest absolute Gasteiger partial charge is 0.156 e. The molecule has 0 aromatic heterocycles. The van der Waals surface area contributed by atoms with Crippen LogP contribution in [0.25, 0.3) is 0 Å². The molecule has 0 saturated carbocycles. The Labute approximate surface area is 148 Å². The van der Waals surface area contributed by atoms with Gasteiger partial charge >= 0.3 is 0 Å². The molecule has 0 heterocycles. The first-order valence-corrected chi connectivity index (χ1v) is 8.67. The van der Waals surface area contributed by atoms with E-state index in [0.29, 0.717) is 28.3 Å². The van der Waals surface area contributed by atoms with E-state index in [0.717, 1.165) is 30.6 Å². The van der Waals surface area contributed by atoms with Crippen molar-refractivity contribution >= 4 is 23.2 Å². The van der Waals surface area contributed by atoms with E-state index in [1.807, 2.05) is 42.5 Å². The molecule has 4 heteroatoms. The first-order valence-electron chi connectivity index (χ1n) is 7.91. The third-order valence-corrected chi connectivity index (χ3v) is 4.07. The summed E-state index contributed by atoms with van der Waals surface area (Å²) in [5, 5.41) is 4.51. The van der Waals surface area contributed by atoms with Crippen molar-refractivity contribution in [2.75, 3.05) is 6.54 Å². The highest BCUT2D eigenvalue weighted by atomic mass is 35.5. The van der Waals surface area contributed by atoms with Gasteiger partial charge in [0.1, 0.15) is 6.61 Å². The van der Waals surface area contributed by atoms with Gasteiger partial charge in [0.15, 0.2) is 5.75 Å². The standard InChI is InChI=1S/C19H23Cl2NO/c1-14(2)8-9-22-12-16-10-17(20)19(18(21)11-16)23-13-15-6-4-3-5-7-15/h3-7,10-11,14,22H,8-9,12-13H2,1-2H3. The molecule has 0 aliphatic heterocycles. The molecule has 0 aliphatic carbocycles. The van der Waals surface area contributed by atoms with E-state index in [1.54, 1.807) is 0 Å². The van der Waals surface area contributed by atoms with Crippen molar-refractivity contribution in [2.45, 2.75) is 33.4 Å². The summed E-state index contributed by atoms with van der Waals surface area (Å²) in [6.45, 7) is 6.62. The number of nitrogens with one attached hydrogen (secondary N) is 1. The lowest BCUT2D eigenvalue weighted by Crippen LogP contribution is -2.16. The molecule has 0 saturated heterocycles. The Morgan fingerprint density at radius 3 is 2.26 bits per heavy atom. The average molecular weight is 352 g/mol. The van der Waals surface area contributed by atoms with E-state index in [-0.39, 0.29) is 0 Å². The van der Waals surface area contributed by atoms with Gasteiger partial charge in [0.2, 0.25) is 0 Å². The summed E-state index contributed by atoms with van der Waals surface area (Å²) in [6.07, 6.45) is 1.15. The van der Waals surface area contributed by atoms with Crippen LogP contribution in [0, 0.1) is 5.92 Å². The lowest BCUT2D eigenvalue weighted by atomic mass is 10.1. The van der Waals surface area contributed by atoms with Gasteiger partial charge < -0.3 is 10.1 Å². The Kier molecular flexibility index (Phi) is 7.22. The van der Waals surface area contributed by atoms with Crippen molar-refractivity contribution in [3.05, 3.63) is 63.6 Å². The van der Waals surface area contributed by atoms with Crippen LogP contribution < -0.4 is 10.1 Å². The number of hydrogen-bond donors (Lipinski definition) is 1. The van der Waals surface area contributed by atoms with Gasteiger partial charge in [-0.15, -0.1) is 0 Å². The van der Waals surface area contributed by atoms with Crippen molar-refractivity contribution in [1.29, 1.82) is 0 Å². The SMILES string of the molecule is CC(C)CCNCc1cc(Cl)c(OCc2ccccc2)c(Cl)c1. The minimum absolute atomic E-state index is 0.451. The maximum atomic E-state index is 6.33. The van der Waals surface area contributed by atoms with Crippen LogP contribution in [0.1, 0.15) is 31.4 Å². The minimum atomic E-state index is 0.451. The van der Waals surface area contributed by atoms with Crippen molar-refractivity contribution < 1.29 is 4.74 Å². The molecule has 0 bridgehead atoms. The van der Waals surface area contributed by atoms with Crippen LogP contribution in [0.15, 0.2) is 42.5 Å². The van der Waals surface area contributed by atoms with Gasteiger partial charge in [0, 0.05) is 6.54 Å². The lowest BCUT2D eigenvalue weighted by molar-refractivity contribution is 0.306. The molecule has 0 atom stereocenters. The van der Waals surface area contributed by atoms with Crippen LogP contribution in [0.5, 0.6) is 5.75 Å². The largest absolute Gasteiger partial charge is 0.486 e. The van der Waals surface area contributed by atoms with E-state index in [2.05, 4.69) is 19.2 Å². The predicted octanol–water partition coefficient (Wildman–Crippen LogP) is 5.71. The van der Waals surface area contributed by atoms with Gasteiger partial charge in [0.05, 0.1) is 10.0 Å². The van der Waals surface area contributed by atoms with Crippen molar-refractivity contribution in [1.82, 2.24) is 5.32 Å².